The van der Waals surface area contributed by atoms with Crippen LogP contribution in [0.1, 0.15) is 18.7 Å². The Kier molecular flexibility index (Phi) is 9.73. The summed E-state index contributed by atoms with van der Waals surface area (Å²) in [7, 11) is 3.98. The Bertz CT molecular complexity index is 1270. The molecule has 0 saturated carbocycles. The monoisotopic (exact) mass is 597 g/mol. The van der Waals surface area contributed by atoms with Crippen LogP contribution >= 0.6 is 23.5 Å². The number of morpholine rings is 1. The van der Waals surface area contributed by atoms with Crippen LogP contribution in [0, 0.1) is 0 Å². The fraction of sp³-hybridized carbons (Fsp3) is 0.600. The Balaban J connectivity index is 1.54. The largest absolute Gasteiger partial charge is 0.491 e. The van der Waals surface area contributed by atoms with Gasteiger partial charge in [0.1, 0.15) is 11.3 Å². The standard InChI is InChI=1S/C25H34ClF2N9O2S/c1-33(2)7-4-14-39-19-6-3-5-18-20(19)29-22(21(27)28)37(18)25-31-23(34-8-10-36(11-9-34)40-17-26)30-24(32-25)35-12-15-38-16-13-35/h3,5-6,21H,4,7-17H2,1-2H3. The van der Waals surface area contributed by atoms with E-state index in [-0.39, 0.29) is 5.95 Å². The van der Waals surface area contributed by atoms with Crippen molar-refractivity contribution >= 4 is 46.5 Å². The quantitative estimate of drug-likeness (QED) is 0.185. The number of benzene rings is 1. The summed E-state index contributed by atoms with van der Waals surface area (Å²) in [4.78, 5) is 24.6. The summed E-state index contributed by atoms with van der Waals surface area (Å²) >= 11 is 7.48. The van der Waals surface area contributed by atoms with Gasteiger partial charge in [-0.2, -0.15) is 15.0 Å². The molecule has 15 heteroatoms. The molecule has 5 rings (SSSR count). The van der Waals surface area contributed by atoms with Crippen LogP contribution in [0.15, 0.2) is 18.2 Å². The number of hydrogen-bond donors (Lipinski definition) is 0. The highest BCUT2D eigenvalue weighted by Gasteiger charge is 2.28. The number of aromatic nitrogens is 5. The van der Waals surface area contributed by atoms with Gasteiger partial charge in [0.05, 0.1) is 30.5 Å². The van der Waals surface area contributed by atoms with Crippen molar-refractivity contribution in [3.63, 3.8) is 0 Å². The zero-order valence-corrected chi connectivity index (χ0v) is 24.3. The van der Waals surface area contributed by atoms with Crippen molar-refractivity contribution in [3.05, 3.63) is 24.0 Å². The van der Waals surface area contributed by atoms with E-state index >= 15 is 0 Å². The number of fused-ring (bicyclic) bond motifs is 1. The van der Waals surface area contributed by atoms with Gasteiger partial charge in [0.15, 0.2) is 5.82 Å². The van der Waals surface area contributed by atoms with Gasteiger partial charge in [-0.05, 0) is 32.6 Å². The second kappa shape index (κ2) is 13.4. The normalized spacial score (nSPS) is 17.0. The third kappa shape index (κ3) is 6.68. The molecule has 40 heavy (non-hydrogen) atoms. The van der Waals surface area contributed by atoms with Gasteiger partial charge in [-0.1, -0.05) is 18.0 Å². The Morgan fingerprint density at radius 3 is 2.30 bits per heavy atom. The number of alkyl halides is 3. The number of hydrogen-bond acceptors (Lipinski definition) is 11. The minimum atomic E-state index is -2.85. The number of rotatable bonds is 11. The predicted octanol–water partition coefficient (Wildman–Crippen LogP) is 3.28. The molecule has 0 atom stereocenters. The molecular formula is C25H34ClF2N9O2S. The molecule has 11 nitrogen and oxygen atoms in total. The molecular weight excluding hydrogens is 564 g/mol. The fourth-order valence-corrected chi connectivity index (χ4v) is 5.68. The van der Waals surface area contributed by atoms with E-state index in [0.717, 1.165) is 26.1 Å². The first-order valence-electron chi connectivity index (χ1n) is 13.3. The second-order valence-electron chi connectivity index (χ2n) is 9.72. The van der Waals surface area contributed by atoms with Crippen molar-refractivity contribution in [1.82, 2.24) is 33.7 Å². The lowest BCUT2D eigenvalue weighted by molar-refractivity contribution is 0.122. The van der Waals surface area contributed by atoms with Gasteiger partial charge in [-0.15, -0.1) is 11.6 Å². The lowest BCUT2D eigenvalue weighted by Gasteiger charge is -2.34. The molecule has 2 saturated heterocycles. The van der Waals surface area contributed by atoms with Gasteiger partial charge in [-0.3, -0.25) is 4.57 Å². The smallest absolute Gasteiger partial charge is 0.296 e. The van der Waals surface area contributed by atoms with Crippen LogP contribution in [-0.2, 0) is 4.74 Å². The molecule has 218 valence electrons. The average Bonchev–Trinajstić information content (AvgIpc) is 3.37. The predicted molar refractivity (Wildman–Crippen MR) is 153 cm³/mol. The number of para-hydroxylation sites is 1. The molecule has 0 bridgehead atoms. The zero-order chi connectivity index (χ0) is 28.1. The Hall–Kier alpha value is -2.52. The van der Waals surface area contributed by atoms with Crippen molar-refractivity contribution in [2.45, 2.75) is 12.8 Å². The molecule has 2 aliphatic heterocycles. The maximum absolute atomic E-state index is 14.4. The second-order valence-corrected chi connectivity index (χ2v) is 11.4. The molecule has 0 radical (unpaired) electrons. The zero-order valence-electron chi connectivity index (χ0n) is 22.7. The van der Waals surface area contributed by atoms with E-state index in [9.17, 15) is 8.78 Å². The lowest BCUT2D eigenvalue weighted by atomic mass is 10.3. The van der Waals surface area contributed by atoms with Crippen molar-refractivity contribution in [3.8, 4) is 11.7 Å². The summed E-state index contributed by atoms with van der Waals surface area (Å²) in [5, 5.41) is 0.489. The maximum atomic E-state index is 14.4. The van der Waals surface area contributed by atoms with Crippen LogP contribution in [-0.4, -0.2) is 119 Å². The molecule has 1 aromatic carbocycles. The highest BCUT2D eigenvalue weighted by Crippen LogP contribution is 2.33. The summed E-state index contributed by atoms with van der Waals surface area (Å²) < 4.78 is 43.9. The van der Waals surface area contributed by atoms with Crippen LogP contribution in [0.4, 0.5) is 20.7 Å². The number of anilines is 2. The van der Waals surface area contributed by atoms with Gasteiger partial charge < -0.3 is 24.2 Å². The lowest BCUT2D eigenvalue weighted by Crippen LogP contribution is -2.45. The van der Waals surface area contributed by atoms with Crippen LogP contribution in [0.25, 0.3) is 17.0 Å². The van der Waals surface area contributed by atoms with E-state index in [2.05, 4.69) is 24.1 Å². The van der Waals surface area contributed by atoms with Crippen molar-refractivity contribution in [2.24, 2.45) is 0 Å². The first-order valence-corrected chi connectivity index (χ1v) is 14.8. The van der Waals surface area contributed by atoms with Crippen molar-refractivity contribution in [2.75, 3.05) is 94.7 Å². The third-order valence-corrected chi connectivity index (χ3v) is 7.84. The van der Waals surface area contributed by atoms with Crippen LogP contribution in [0.2, 0.25) is 0 Å². The summed E-state index contributed by atoms with van der Waals surface area (Å²) in [6.45, 7) is 6.46. The van der Waals surface area contributed by atoms with E-state index in [1.54, 1.807) is 30.1 Å². The summed E-state index contributed by atoms with van der Waals surface area (Å²) in [6.07, 6.45) is -2.06. The number of piperazine rings is 1. The molecule has 0 amide bonds. The number of nitrogens with zero attached hydrogens (tertiary/aromatic N) is 9. The van der Waals surface area contributed by atoms with E-state index < -0.39 is 12.2 Å². The van der Waals surface area contributed by atoms with Gasteiger partial charge in [0.25, 0.3) is 6.43 Å². The minimum absolute atomic E-state index is 0.103. The van der Waals surface area contributed by atoms with Gasteiger partial charge in [0.2, 0.25) is 17.8 Å². The molecule has 2 aliphatic rings. The average molecular weight is 598 g/mol. The summed E-state index contributed by atoms with van der Waals surface area (Å²) in [6, 6.07) is 5.26. The SMILES string of the molecule is CN(C)CCCOc1cccc2c1nc(C(F)F)n2-c1nc(N2CCOCC2)nc(N2CCN(SCCl)CC2)n1. The van der Waals surface area contributed by atoms with Crippen LogP contribution in [0.5, 0.6) is 5.75 Å². The number of halogens is 3. The molecule has 0 aliphatic carbocycles. The molecule has 0 unspecified atom stereocenters. The topological polar surface area (TPSA) is 87.9 Å². The first-order chi connectivity index (χ1) is 19.4. The van der Waals surface area contributed by atoms with E-state index in [1.165, 1.54) is 4.57 Å². The third-order valence-electron chi connectivity index (χ3n) is 6.72. The van der Waals surface area contributed by atoms with E-state index in [4.69, 9.17) is 31.0 Å². The minimum Gasteiger partial charge on any atom is -0.491 e. The van der Waals surface area contributed by atoms with Gasteiger partial charge in [0, 0.05) is 45.8 Å². The first kappa shape index (κ1) is 29.0. The van der Waals surface area contributed by atoms with E-state index in [0.29, 0.717) is 79.9 Å². The van der Waals surface area contributed by atoms with Crippen LogP contribution in [0.3, 0.4) is 0 Å². The molecule has 4 heterocycles. The molecule has 2 fully saturated rings. The molecule has 2 aromatic heterocycles. The van der Waals surface area contributed by atoms with Crippen molar-refractivity contribution in [1.29, 1.82) is 0 Å². The fourth-order valence-electron chi connectivity index (χ4n) is 4.70. The van der Waals surface area contributed by atoms with Gasteiger partial charge >= 0.3 is 0 Å². The highest BCUT2D eigenvalue weighted by molar-refractivity contribution is 7.98. The summed E-state index contributed by atoms with van der Waals surface area (Å²) in [5.74, 6) is 0.992. The Morgan fingerprint density at radius 2 is 1.65 bits per heavy atom. The number of imidazole rings is 1. The summed E-state index contributed by atoms with van der Waals surface area (Å²) in [5.41, 5.74) is 0.804. The van der Waals surface area contributed by atoms with Crippen LogP contribution < -0.4 is 14.5 Å². The highest BCUT2D eigenvalue weighted by atomic mass is 35.5. The van der Waals surface area contributed by atoms with Gasteiger partial charge in [-0.25, -0.2) is 18.1 Å². The molecule has 0 spiro atoms. The number of ether oxygens (including phenoxy) is 2. The molecule has 0 N–H and O–H groups in total. The Morgan fingerprint density at radius 1 is 0.975 bits per heavy atom. The maximum Gasteiger partial charge on any atom is 0.296 e. The van der Waals surface area contributed by atoms with E-state index in [1.807, 2.05) is 19.0 Å². The van der Waals surface area contributed by atoms with Crippen molar-refractivity contribution < 1.29 is 18.3 Å². The molecule has 3 aromatic rings. The Labute approximate surface area is 241 Å².